The number of carbonyl (C=O) groups is 1. The summed E-state index contributed by atoms with van der Waals surface area (Å²) in [6, 6.07) is 0. The van der Waals surface area contributed by atoms with E-state index in [1.165, 1.54) is 12.8 Å². The fourth-order valence-corrected chi connectivity index (χ4v) is 3.28. The van der Waals surface area contributed by atoms with E-state index in [2.05, 4.69) is 31.0 Å². The Labute approximate surface area is 127 Å². The van der Waals surface area contributed by atoms with Crippen molar-refractivity contribution in [3.8, 4) is 0 Å². The predicted molar refractivity (Wildman–Crippen MR) is 85.1 cm³/mol. The molecule has 1 aliphatic heterocycles. The summed E-state index contributed by atoms with van der Waals surface area (Å²) < 4.78 is 0. The van der Waals surface area contributed by atoms with Gasteiger partial charge in [-0.2, -0.15) is 5.10 Å². The molecule has 1 aromatic heterocycles. The van der Waals surface area contributed by atoms with Crippen LogP contribution in [0.3, 0.4) is 0 Å². The lowest BCUT2D eigenvalue weighted by molar-refractivity contribution is 0.0553. The Morgan fingerprint density at radius 3 is 2.43 bits per heavy atom. The van der Waals surface area contributed by atoms with E-state index in [0.29, 0.717) is 16.8 Å². The Bertz CT molecular complexity index is 480. The number of piperidine rings is 1. The van der Waals surface area contributed by atoms with Crippen molar-refractivity contribution in [2.75, 3.05) is 18.8 Å². The second-order valence-corrected chi connectivity index (χ2v) is 6.21. The van der Waals surface area contributed by atoms with Crippen LogP contribution in [0.4, 0.5) is 5.69 Å². The highest BCUT2D eigenvalue weighted by Crippen LogP contribution is 2.38. The minimum atomic E-state index is -0.0214. The number of aryl methyl sites for hydroxylation is 1. The molecule has 0 radical (unpaired) electrons. The summed E-state index contributed by atoms with van der Waals surface area (Å²) in [5.41, 5.74) is 8.30. The number of nitrogens with two attached hydrogens (primary N) is 1. The zero-order chi connectivity index (χ0) is 15.5. The molecule has 2 heterocycles. The molecule has 1 aliphatic rings. The Balaban J connectivity index is 2.05. The van der Waals surface area contributed by atoms with Crippen molar-refractivity contribution in [2.45, 2.75) is 59.3 Å². The van der Waals surface area contributed by atoms with Gasteiger partial charge in [0.15, 0.2) is 5.69 Å². The lowest BCUT2D eigenvalue weighted by Gasteiger charge is -2.40. The predicted octanol–water partition coefficient (Wildman–Crippen LogP) is 2.99. The summed E-state index contributed by atoms with van der Waals surface area (Å²) in [7, 11) is 0. The van der Waals surface area contributed by atoms with Gasteiger partial charge in [-0.15, -0.1) is 0 Å². The Morgan fingerprint density at radius 1 is 1.29 bits per heavy atom. The van der Waals surface area contributed by atoms with E-state index in [4.69, 9.17) is 5.73 Å². The van der Waals surface area contributed by atoms with Gasteiger partial charge in [0.25, 0.3) is 5.91 Å². The molecule has 5 heteroatoms. The summed E-state index contributed by atoms with van der Waals surface area (Å²) in [6.45, 7) is 8.22. The highest BCUT2D eigenvalue weighted by molar-refractivity contribution is 5.97. The molecule has 1 fully saturated rings. The van der Waals surface area contributed by atoms with Crippen molar-refractivity contribution in [1.29, 1.82) is 0 Å². The number of amides is 1. The maximum absolute atomic E-state index is 12.6. The van der Waals surface area contributed by atoms with Crippen LogP contribution in [-0.4, -0.2) is 34.1 Å². The topological polar surface area (TPSA) is 75.0 Å². The monoisotopic (exact) mass is 292 g/mol. The van der Waals surface area contributed by atoms with Crippen molar-refractivity contribution >= 4 is 11.6 Å². The molecule has 118 valence electrons. The van der Waals surface area contributed by atoms with Crippen molar-refractivity contribution in [1.82, 2.24) is 15.1 Å². The van der Waals surface area contributed by atoms with Gasteiger partial charge in [-0.25, -0.2) is 0 Å². The molecule has 1 saturated heterocycles. The highest BCUT2D eigenvalue weighted by Gasteiger charge is 2.34. The standard InChI is InChI=1S/C16H28N4O/c1-4-7-12-13(17)14(19-18-12)15(21)20-10-8-16(5-2,6-3)9-11-20/h4-11,17H2,1-3H3,(H,18,19). The molecule has 1 amide bonds. The van der Waals surface area contributed by atoms with Crippen LogP contribution in [0.25, 0.3) is 0 Å². The molecular weight excluding hydrogens is 264 g/mol. The van der Waals surface area contributed by atoms with Crippen LogP contribution in [0, 0.1) is 5.41 Å². The molecule has 0 unspecified atom stereocenters. The quantitative estimate of drug-likeness (QED) is 0.876. The van der Waals surface area contributed by atoms with Crippen LogP contribution in [0.2, 0.25) is 0 Å². The van der Waals surface area contributed by atoms with Gasteiger partial charge in [0.05, 0.1) is 11.4 Å². The first-order valence-corrected chi connectivity index (χ1v) is 8.19. The van der Waals surface area contributed by atoms with Crippen LogP contribution in [0.5, 0.6) is 0 Å². The number of nitrogens with zero attached hydrogens (tertiary/aromatic N) is 2. The van der Waals surface area contributed by atoms with Crippen molar-refractivity contribution < 1.29 is 4.79 Å². The van der Waals surface area contributed by atoms with Gasteiger partial charge in [0.1, 0.15) is 0 Å². The fourth-order valence-electron chi connectivity index (χ4n) is 3.28. The number of aromatic nitrogens is 2. The van der Waals surface area contributed by atoms with E-state index < -0.39 is 0 Å². The molecule has 5 nitrogen and oxygen atoms in total. The summed E-state index contributed by atoms with van der Waals surface area (Å²) in [5.74, 6) is -0.0214. The third-order valence-corrected chi connectivity index (χ3v) is 5.20. The number of carbonyl (C=O) groups excluding carboxylic acids is 1. The average molecular weight is 292 g/mol. The summed E-state index contributed by atoms with van der Waals surface area (Å²) in [6.07, 6.45) is 6.36. The van der Waals surface area contributed by atoms with E-state index >= 15 is 0 Å². The zero-order valence-corrected chi connectivity index (χ0v) is 13.5. The maximum atomic E-state index is 12.6. The van der Waals surface area contributed by atoms with Gasteiger partial charge >= 0.3 is 0 Å². The molecule has 1 aromatic rings. The minimum Gasteiger partial charge on any atom is -0.395 e. The number of nitrogen functional groups attached to an aromatic ring is 1. The summed E-state index contributed by atoms with van der Waals surface area (Å²) in [4.78, 5) is 14.5. The highest BCUT2D eigenvalue weighted by atomic mass is 16.2. The van der Waals surface area contributed by atoms with E-state index in [9.17, 15) is 4.79 Å². The number of anilines is 1. The van der Waals surface area contributed by atoms with Crippen LogP contribution in [0.15, 0.2) is 0 Å². The van der Waals surface area contributed by atoms with E-state index in [0.717, 1.165) is 44.5 Å². The first-order valence-electron chi connectivity index (χ1n) is 8.19. The van der Waals surface area contributed by atoms with E-state index in [1.54, 1.807) is 0 Å². The third-order valence-electron chi connectivity index (χ3n) is 5.20. The molecule has 0 aromatic carbocycles. The Kier molecular flexibility index (Phi) is 4.91. The van der Waals surface area contributed by atoms with Gasteiger partial charge in [0, 0.05) is 13.1 Å². The largest absolute Gasteiger partial charge is 0.395 e. The molecule has 0 bridgehead atoms. The lowest BCUT2D eigenvalue weighted by atomic mass is 9.74. The van der Waals surface area contributed by atoms with Crippen LogP contribution in [0.1, 0.15) is 69.1 Å². The SMILES string of the molecule is CCCc1[nH]nc(C(=O)N2CCC(CC)(CC)CC2)c1N. The lowest BCUT2D eigenvalue weighted by Crippen LogP contribution is -2.43. The average Bonchev–Trinajstić information content (AvgIpc) is 2.88. The molecule has 0 spiro atoms. The van der Waals surface area contributed by atoms with Gasteiger partial charge in [-0.1, -0.05) is 40.0 Å². The normalized spacial score (nSPS) is 18.0. The molecule has 3 N–H and O–H groups in total. The Hall–Kier alpha value is -1.52. The first kappa shape index (κ1) is 15.9. The van der Waals surface area contributed by atoms with Gasteiger partial charge in [-0.05, 0) is 24.7 Å². The van der Waals surface area contributed by atoms with Crippen LogP contribution in [-0.2, 0) is 6.42 Å². The number of hydrogen-bond donors (Lipinski definition) is 2. The van der Waals surface area contributed by atoms with E-state index in [-0.39, 0.29) is 5.91 Å². The number of rotatable bonds is 5. The third kappa shape index (κ3) is 3.06. The van der Waals surface area contributed by atoms with Gasteiger partial charge in [0.2, 0.25) is 0 Å². The molecular formula is C16H28N4O. The first-order chi connectivity index (χ1) is 10.1. The molecule has 0 saturated carbocycles. The summed E-state index contributed by atoms with van der Waals surface area (Å²) >= 11 is 0. The van der Waals surface area contributed by atoms with Crippen molar-refractivity contribution in [3.05, 3.63) is 11.4 Å². The molecule has 21 heavy (non-hydrogen) atoms. The smallest absolute Gasteiger partial charge is 0.276 e. The Morgan fingerprint density at radius 2 is 1.90 bits per heavy atom. The fraction of sp³-hybridized carbons (Fsp3) is 0.750. The van der Waals surface area contributed by atoms with E-state index in [1.807, 2.05) is 4.90 Å². The second-order valence-electron chi connectivity index (χ2n) is 6.21. The van der Waals surface area contributed by atoms with Crippen molar-refractivity contribution in [3.63, 3.8) is 0 Å². The zero-order valence-electron chi connectivity index (χ0n) is 13.5. The van der Waals surface area contributed by atoms with Gasteiger partial charge in [-0.3, -0.25) is 9.89 Å². The van der Waals surface area contributed by atoms with Crippen LogP contribution < -0.4 is 5.73 Å². The number of H-pyrrole nitrogens is 1. The molecule has 2 rings (SSSR count). The summed E-state index contributed by atoms with van der Waals surface area (Å²) in [5, 5.41) is 7.06. The maximum Gasteiger partial charge on any atom is 0.276 e. The second kappa shape index (κ2) is 6.50. The van der Waals surface area contributed by atoms with Gasteiger partial charge < -0.3 is 10.6 Å². The number of hydrogen-bond acceptors (Lipinski definition) is 3. The number of nitrogens with one attached hydrogen (secondary N) is 1. The number of aromatic amines is 1. The molecule has 0 atom stereocenters. The van der Waals surface area contributed by atoms with Crippen LogP contribution >= 0.6 is 0 Å². The number of likely N-dealkylation sites (tertiary alicyclic amines) is 1. The van der Waals surface area contributed by atoms with Crippen molar-refractivity contribution in [2.24, 2.45) is 5.41 Å². The minimum absolute atomic E-state index is 0.0214. The molecule has 0 aliphatic carbocycles.